The normalized spacial score (nSPS) is 31.5. The number of fused-ring (bicyclic) bond motifs is 1. The van der Waals surface area contributed by atoms with Gasteiger partial charge in [-0.1, -0.05) is 30.4 Å². The van der Waals surface area contributed by atoms with E-state index in [9.17, 15) is 14.4 Å². The molecule has 2 fully saturated rings. The molecule has 1 aromatic heterocycles. The zero-order valence-electron chi connectivity index (χ0n) is 19.6. The summed E-state index contributed by atoms with van der Waals surface area (Å²) >= 11 is 0. The summed E-state index contributed by atoms with van der Waals surface area (Å²) in [7, 11) is 0. The van der Waals surface area contributed by atoms with E-state index >= 15 is 0 Å². The molecule has 4 heterocycles. The van der Waals surface area contributed by atoms with Gasteiger partial charge in [0.2, 0.25) is 17.7 Å². The summed E-state index contributed by atoms with van der Waals surface area (Å²) < 4.78 is 6.50. The van der Waals surface area contributed by atoms with Gasteiger partial charge in [-0.25, -0.2) is 0 Å². The summed E-state index contributed by atoms with van der Waals surface area (Å²) in [6, 6.07) is 11.6. The third kappa shape index (κ3) is 3.32. The van der Waals surface area contributed by atoms with Crippen molar-refractivity contribution >= 4 is 29.1 Å². The van der Waals surface area contributed by atoms with Crippen LogP contribution in [0.15, 0.2) is 67.0 Å². The Hall–Kier alpha value is -3.52. The highest BCUT2D eigenvalue weighted by Gasteiger charge is 2.76. The summed E-state index contributed by atoms with van der Waals surface area (Å²) in [4.78, 5) is 46.8. The molecule has 0 unspecified atom stereocenters. The molecule has 2 N–H and O–H groups in total. The number of ether oxygens (including phenoxy) is 1. The van der Waals surface area contributed by atoms with Crippen LogP contribution in [0.4, 0.5) is 11.4 Å². The Morgan fingerprint density at radius 3 is 2.44 bits per heavy atom. The quantitative estimate of drug-likeness (QED) is 0.684. The van der Waals surface area contributed by atoms with E-state index in [1.165, 1.54) is 4.90 Å². The maximum atomic E-state index is 14.0. The van der Waals surface area contributed by atoms with Crippen LogP contribution < -0.4 is 15.5 Å². The lowest BCUT2D eigenvalue weighted by Crippen LogP contribution is -2.58. The number of nitrogens with zero attached hydrogens (tertiary/aromatic N) is 2. The first-order valence-corrected chi connectivity index (χ1v) is 11.4. The number of aromatic nitrogens is 1. The van der Waals surface area contributed by atoms with Gasteiger partial charge in [0.15, 0.2) is 0 Å². The van der Waals surface area contributed by atoms with Crippen LogP contribution in [0, 0.1) is 11.8 Å². The van der Waals surface area contributed by atoms with Crippen molar-refractivity contribution in [2.75, 3.05) is 10.2 Å². The van der Waals surface area contributed by atoms with Crippen LogP contribution in [0.3, 0.4) is 0 Å². The predicted molar refractivity (Wildman–Crippen MR) is 127 cm³/mol. The Labute approximate surface area is 198 Å². The smallest absolute Gasteiger partial charge is 0.246 e. The fraction of sp³-hybridized carbons (Fsp3) is 0.385. The van der Waals surface area contributed by atoms with Crippen LogP contribution in [0.25, 0.3) is 0 Å². The molecule has 3 aliphatic heterocycles. The highest BCUT2D eigenvalue weighted by atomic mass is 16.5. The number of anilines is 2. The zero-order valence-corrected chi connectivity index (χ0v) is 19.6. The Morgan fingerprint density at radius 1 is 1.06 bits per heavy atom. The van der Waals surface area contributed by atoms with E-state index in [2.05, 4.69) is 15.6 Å². The number of para-hydroxylation sites is 1. The molecule has 3 amide bonds. The van der Waals surface area contributed by atoms with Gasteiger partial charge >= 0.3 is 0 Å². The highest BCUT2D eigenvalue weighted by Crippen LogP contribution is 2.60. The molecular formula is C26H28N4O4. The Balaban J connectivity index is 1.59. The second kappa shape index (κ2) is 7.50. The number of carbonyl (C=O) groups excluding carboxylic acids is 3. The number of amides is 3. The molecule has 3 aliphatic rings. The molecule has 2 saturated heterocycles. The number of rotatable bonds is 4. The molecule has 5 rings (SSSR count). The first-order chi connectivity index (χ1) is 16.1. The van der Waals surface area contributed by atoms with Crippen molar-refractivity contribution in [3.05, 3.63) is 67.0 Å². The highest BCUT2D eigenvalue weighted by molar-refractivity contribution is 6.11. The standard InChI is InChI=1S/C26H28N4O4/c1-24(2,3)29-22(32)20-26-13-12-25(4,34-26)18(21(31)28-16-9-6-5-7-10-16)19(26)23(33)30(20)17-11-8-14-27-15-17/h5-15,18-20H,1-4H3,(H,28,31)(H,29,32)/t18-,19-,20-,25+,26-/m0/s1. The molecule has 176 valence electrons. The van der Waals surface area contributed by atoms with E-state index in [4.69, 9.17) is 4.74 Å². The van der Waals surface area contributed by atoms with Crippen molar-refractivity contribution in [1.29, 1.82) is 0 Å². The van der Waals surface area contributed by atoms with E-state index in [1.54, 1.807) is 49.7 Å². The van der Waals surface area contributed by atoms with Crippen molar-refractivity contribution in [3.63, 3.8) is 0 Å². The Kier molecular flexibility index (Phi) is 4.91. The molecule has 1 spiro atoms. The van der Waals surface area contributed by atoms with E-state index in [0.29, 0.717) is 11.4 Å². The molecule has 34 heavy (non-hydrogen) atoms. The number of benzene rings is 1. The van der Waals surface area contributed by atoms with Gasteiger partial charge in [-0.15, -0.1) is 0 Å². The molecule has 0 radical (unpaired) electrons. The predicted octanol–water partition coefficient (Wildman–Crippen LogP) is 2.68. The second-order valence-electron chi connectivity index (χ2n) is 10.3. The number of hydrogen-bond donors (Lipinski definition) is 2. The van der Waals surface area contributed by atoms with Gasteiger partial charge < -0.3 is 15.4 Å². The molecular weight excluding hydrogens is 432 g/mol. The van der Waals surface area contributed by atoms with Gasteiger partial charge in [0.1, 0.15) is 11.6 Å². The van der Waals surface area contributed by atoms with Gasteiger partial charge in [0, 0.05) is 17.4 Å². The topological polar surface area (TPSA) is 101 Å². The molecule has 8 nitrogen and oxygen atoms in total. The summed E-state index contributed by atoms with van der Waals surface area (Å²) in [5, 5.41) is 5.92. The number of carbonyl (C=O) groups is 3. The minimum atomic E-state index is -1.27. The van der Waals surface area contributed by atoms with Crippen molar-refractivity contribution in [2.45, 2.75) is 50.5 Å². The molecule has 2 aromatic rings. The number of nitrogens with one attached hydrogen (secondary N) is 2. The van der Waals surface area contributed by atoms with Crippen LogP contribution in [-0.2, 0) is 19.1 Å². The largest absolute Gasteiger partial charge is 0.356 e. The zero-order chi connectivity index (χ0) is 24.3. The lowest BCUT2D eigenvalue weighted by molar-refractivity contribution is -0.131. The molecule has 2 bridgehead atoms. The van der Waals surface area contributed by atoms with Crippen LogP contribution in [0.1, 0.15) is 27.7 Å². The summed E-state index contributed by atoms with van der Waals surface area (Å²) in [5.41, 5.74) is -1.69. The lowest BCUT2D eigenvalue weighted by atomic mass is 9.70. The van der Waals surface area contributed by atoms with Gasteiger partial charge in [-0.05, 0) is 52.0 Å². The van der Waals surface area contributed by atoms with Crippen LogP contribution in [0.5, 0.6) is 0 Å². The van der Waals surface area contributed by atoms with Crippen LogP contribution >= 0.6 is 0 Å². The van der Waals surface area contributed by atoms with Crippen molar-refractivity contribution < 1.29 is 19.1 Å². The molecule has 5 atom stereocenters. The third-order valence-electron chi connectivity index (χ3n) is 6.69. The van der Waals surface area contributed by atoms with E-state index in [1.807, 2.05) is 45.0 Å². The van der Waals surface area contributed by atoms with Gasteiger partial charge in [-0.3, -0.25) is 24.3 Å². The number of hydrogen-bond acceptors (Lipinski definition) is 5. The summed E-state index contributed by atoms with van der Waals surface area (Å²) in [6.07, 6.45) is 6.76. The molecule has 0 aliphatic carbocycles. The van der Waals surface area contributed by atoms with Crippen molar-refractivity contribution in [1.82, 2.24) is 10.3 Å². The first-order valence-electron chi connectivity index (χ1n) is 11.4. The van der Waals surface area contributed by atoms with Crippen molar-refractivity contribution in [3.8, 4) is 0 Å². The maximum absolute atomic E-state index is 14.0. The fourth-order valence-electron chi connectivity index (χ4n) is 5.49. The van der Waals surface area contributed by atoms with E-state index < -0.39 is 34.6 Å². The first kappa shape index (κ1) is 22.3. The minimum absolute atomic E-state index is 0.318. The number of pyridine rings is 1. The van der Waals surface area contributed by atoms with Gasteiger partial charge in [0.25, 0.3) is 0 Å². The Morgan fingerprint density at radius 2 is 1.79 bits per heavy atom. The average molecular weight is 461 g/mol. The van der Waals surface area contributed by atoms with Crippen LogP contribution in [0.2, 0.25) is 0 Å². The average Bonchev–Trinajstić information content (AvgIpc) is 3.34. The van der Waals surface area contributed by atoms with Gasteiger partial charge in [-0.2, -0.15) is 0 Å². The lowest BCUT2D eigenvalue weighted by Gasteiger charge is -2.34. The summed E-state index contributed by atoms with van der Waals surface area (Å²) in [6.45, 7) is 7.44. The third-order valence-corrected chi connectivity index (χ3v) is 6.69. The van der Waals surface area contributed by atoms with Gasteiger partial charge in [0.05, 0.1) is 29.3 Å². The maximum Gasteiger partial charge on any atom is 0.246 e. The molecule has 1 aromatic carbocycles. The molecule has 0 saturated carbocycles. The van der Waals surface area contributed by atoms with Crippen molar-refractivity contribution in [2.24, 2.45) is 11.8 Å². The minimum Gasteiger partial charge on any atom is -0.356 e. The monoisotopic (exact) mass is 460 g/mol. The fourth-order valence-corrected chi connectivity index (χ4v) is 5.49. The van der Waals surface area contributed by atoms with Crippen LogP contribution in [-0.4, -0.2) is 45.5 Å². The Bertz CT molecular complexity index is 1180. The molecule has 8 heteroatoms. The summed E-state index contributed by atoms with van der Waals surface area (Å²) in [5.74, 6) is -2.66. The van der Waals surface area contributed by atoms with E-state index in [0.717, 1.165) is 0 Å². The van der Waals surface area contributed by atoms with E-state index in [-0.39, 0.29) is 17.7 Å². The SMILES string of the molecule is CC(C)(C)NC(=O)[C@@H]1N(c2cccnc2)C(=O)[C@@H]2[C@@H](C(=O)Nc3ccccc3)[C@@]3(C)C=C[C@]21O3. The second-order valence-corrected chi connectivity index (χ2v) is 10.3.